The molecule has 0 fully saturated rings. The molecule has 3 N–H and O–H groups in total. The summed E-state index contributed by atoms with van der Waals surface area (Å²) in [5.41, 5.74) is 5.85. The SMILES string of the molecule is O=C(N[C@H](CSCc1ccc(O)c2ncccc12)C(=O)O)OCC1c2ccccc2-c2ccccc21. The third kappa shape index (κ3) is 4.72. The maximum absolute atomic E-state index is 12.5. The third-order valence-electron chi connectivity index (χ3n) is 6.31. The number of hydrogen-bond acceptors (Lipinski definition) is 6. The Hall–Kier alpha value is -4.04. The molecule has 0 aliphatic heterocycles. The lowest BCUT2D eigenvalue weighted by Gasteiger charge is -2.17. The molecule has 0 unspecified atom stereocenters. The van der Waals surface area contributed by atoms with Gasteiger partial charge in [0.25, 0.3) is 0 Å². The lowest BCUT2D eigenvalue weighted by atomic mass is 9.98. The molecule has 0 bridgehead atoms. The first kappa shape index (κ1) is 23.7. The Bertz CT molecular complexity index is 1400. The Labute approximate surface area is 212 Å². The smallest absolute Gasteiger partial charge is 0.407 e. The number of thioether (sulfide) groups is 1. The van der Waals surface area contributed by atoms with E-state index < -0.39 is 18.1 Å². The molecule has 7 nitrogen and oxygen atoms in total. The van der Waals surface area contributed by atoms with Crippen molar-refractivity contribution >= 4 is 34.7 Å². The summed E-state index contributed by atoms with van der Waals surface area (Å²) in [5, 5.41) is 22.9. The number of pyridine rings is 1. The molecule has 0 saturated carbocycles. The fraction of sp³-hybridized carbons (Fsp3) is 0.179. The van der Waals surface area contributed by atoms with Crippen LogP contribution in [0.2, 0.25) is 0 Å². The van der Waals surface area contributed by atoms with Crippen molar-refractivity contribution in [3.8, 4) is 16.9 Å². The highest BCUT2D eigenvalue weighted by atomic mass is 32.2. The van der Waals surface area contributed by atoms with E-state index in [2.05, 4.69) is 22.4 Å². The number of ether oxygens (including phenoxy) is 1. The molecule has 182 valence electrons. The molecule has 3 aromatic carbocycles. The summed E-state index contributed by atoms with van der Waals surface area (Å²) in [6.07, 6.45) is 0.849. The molecule has 0 saturated heterocycles. The van der Waals surface area contributed by atoms with E-state index in [1.807, 2.05) is 42.5 Å². The molecular weight excluding hydrogens is 476 g/mol. The Balaban J connectivity index is 1.19. The zero-order chi connectivity index (χ0) is 25.1. The zero-order valence-corrected chi connectivity index (χ0v) is 20.1. The fourth-order valence-corrected chi connectivity index (χ4v) is 5.64. The highest BCUT2D eigenvalue weighted by Crippen LogP contribution is 2.44. The molecule has 1 atom stereocenters. The standard InChI is InChI=1S/C28H24N2O5S/c31-25-12-11-17(18-10-5-13-29-26(18)25)15-36-16-24(27(32)33)30-28(34)35-14-23-21-8-3-1-6-19(21)20-7-2-4-9-22(20)23/h1-13,23-24,31H,14-16H2,(H,30,34)(H,32,33)/t24-/m1/s1. The summed E-state index contributed by atoms with van der Waals surface area (Å²) in [4.78, 5) is 28.5. The number of fused-ring (bicyclic) bond motifs is 4. The summed E-state index contributed by atoms with van der Waals surface area (Å²) >= 11 is 1.37. The highest BCUT2D eigenvalue weighted by Gasteiger charge is 2.29. The molecule has 8 heteroatoms. The second-order valence-corrected chi connectivity index (χ2v) is 9.55. The van der Waals surface area contributed by atoms with Crippen LogP contribution in [0.15, 0.2) is 79.0 Å². The van der Waals surface area contributed by atoms with Gasteiger partial charge in [0.15, 0.2) is 0 Å². The molecule has 0 spiro atoms. The van der Waals surface area contributed by atoms with Crippen LogP contribution in [0.5, 0.6) is 5.75 Å². The number of benzene rings is 3. The third-order valence-corrected chi connectivity index (χ3v) is 7.40. The Morgan fingerprint density at radius 1 is 0.972 bits per heavy atom. The van der Waals surface area contributed by atoms with Crippen LogP contribution in [0.4, 0.5) is 4.79 Å². The summed E-state index contributed by atoms with van der Waals surface area (Å²) in [6.45, 7) is 0.117. The second kappa shape index (κ2) is 10.3. The Kier molecular flexibility index (Phi) is 6.77. The van der Waals surface area contributed by atoms with Crippen LogP contribution in [-0.4, -0.2) is 45.7 Å². The van der Waals surface area contributed by atoms with Gasteiger partial charge < -0.3 is 20.3 Å². The van der Waals surface area contributed by atoms with E-state index in [4.69, 9.17) is 4.74 Å². The molecule has 36 heavy (non-hydrogen) atoms. The van der Waals surface area contributed by atoms with Gasteiger partial charge in [0.05, 0.1) is 0 Å². The number of aromatic nitrogens is 1. The van der Waals surface area contributed by atoms with E-state index in [-0.39, 0.29) is 24.0 Å². The van der Waals surface area contributed by atoms with Crippen LogP contribution in [0.1, 0.15) is 22.6 Å². The monoisotopic (exact) mass is 500 g/mol. The number of phenols is 1. The molecule has 4 aromatic rings. The number of carboxylic acid groups (broad SMARTS) is 1. The highest BCUT2D eigenvalue weighted by molar-refractivity contribution is 7.98. The van der Waals surface area contributed by atoms with E-state index in [1.165, 1.54) is 11.8 Å². The van der Waals surface area contributed by atoms with E-state index >= 15 is 0 Å². The van der Waals surface area contributed by atoms with Crippen molar-refractivity contribution in [2.24, 2.45) is 0 Å². The molecule has 1 heterocycles. The van der Waals surface area contributed by atoms with Crippen LogP contribution < -0.4 is 5.32 Å². The first-order valence-electron chi connectivity index (χ1n) is 11.5. The number of rotatable bonds is 8. The minimum absolute atomic E-state index is 0.0969. The minimum atomic E-state index is -1.13. The maximum Gasteiger partial charge on any atom is 0.407 e. The molecular formula is C28H24N2O5S. The topological polar surface area (TPSA) is 109 Å². The van der Waals surface area contributed by atoms with Crippen molar-refractivity contribution < 1.29 is 24.5 Å². The minimum Gasteiger partial charge on any atom is -0.506 e. The predicted octanol–water partition coefficient (Wildman–Crippen LogP) is 5.17. The Morgan fingerprint density at radius 2 is 1.67 bits per heavy atom. The number of alkyl carbamates (subject to hydrolysis) is 1. The fourth-order valence-electron chi connectivity index (χ4n) is 4.59. The van der Waals surface area contributed by atoms with Gasteiger partial charge in [0.1, 0.15) is 23.9 Å². The lowest BCUT2D eigenvalue weighted by molar-refractivity contribution is -0.138. The van der Waals surface area contributed by atoms with Gasteiger partial charge in [-0.1, -0.05) is 60.7 Å². The van der Waals surface area contributed by atoms with Gasteiger partial charge in [0.2, 0.25) is 0 Å². The number of carbonyl (C=O) groups is 2. The molecule has 5 rings (SSSR count). The average molecular weight is 501 g/mol. The number of phenolic OH excluding ortho intramolecular Hbond substituents is 1. The molecule has 0 radical (unpaired) electrons. The number of amides is 1. The quantitative estimate of drug-likeness (QED) is 0.306. The summed E-state index contributed by atoms with van der Waals surface area (Å²) in [7, 11) is 0. The largest absolute Gasteiger partial charge is 0.506 e. The number of nitrogens with zero attached hydrogens (tertiary/aromatic N) is 1. The number of aliphatic carboxylic acids is 1. The van der Waals surface area contributed by atoms with Gasteiger partial charge in [-0.15, -0.1) is 0 Å². The van der Waals surface area contributed by atoms with Gasteiger partial charge in [-0.2, -0.15) is 11.8 Å². The number of nitrogens with one attached hydrogen (secondary N) is 1. The van der Waals surface area contributed by atoms with Crippen molar-refractivity contribution in [2.75, 3.05) is 12.4 Å². The van der Waals surface area contributed by atoms with E-state index in [0.29, 0.717) is 11.3 Å². The average Bonchev–Trinajstić information content (AvgIpc) is 3.22. The molecule has 1 amide bonds. The van der Waals surface area contributed by atoms with Crippen LogP contribution in [-0.2, 0) is 15.3 Å². The van der Waals surface area contributed by atoms with Gasteiger partial charge in [-0.05, 0) is 39.9 Å². The summed E-state index contributed by atoms with van der Waals surface area (Å²) < 4.78 is 5.50. The second-order valence-electron chi connectivity index (χ2n) is 8.52. The van der Waals surface area contributed by atoms with E-state index in [0.717, 1.165) is 33.2 Å². The van der Waals surface area contributed by atoms with Crippen LogP contribution in [0.3, 0.4) is 0 Å². The van der Waals surface area contributed by atoms with Gasteiger partial charge in [0, 0.05) is 29.0 Å². The summed E-state index contributed by atoms with van der Waals surface area (Å²) in [5.74, 6) is -0.481. The molecule has 1 aromatic heterocycles. The van der Waals surface area contributed by atoms with Crippen molar-refractivity contribution in [1.29, 1.82) is 0 Å². The molecule has 1 aliphatic rings. The Morgan fingerprint density at radius 3 is 2.36 bits per heavy atom. The lowest BCUT2D eigenvalue weighted by Crippen LogP contribution is -2.43. The van der Waals surface area contributed by atoms with E-state index in [1.54, 1.807) is 24.4 Å². The van der Waals surface area contributed by atoms with Gasteiger partial charge in [-0.25, -0.2) is 9.59 Å². The first-order chi connectivity index (χ1) is 17.5. The number of hydrogen-bond donors (Lipinski definition) is 3. The summed E-state index contributed by atoms with van der Waals surface area (Å²) in [6, 6.07) is 22.0. The number of carboxylic acids is 1. The van der Waals surface area contributed by atoms with Gasteiger partial charge >= 0.3 is 12.1 Å². The zero-order valence-electron chi connectivity index (χ0n) is 19.3. The number of carbonyl (C=O) groups excluding carboxylic acids is 1. The van der Waals surface area contributed by atoms with Crippen LogP contribution in [0.25, 0.3) is 22.0 Å². The maximum atomic E-state index is 12.5. The van der Waals surface area contributed by atoms with Crippen molar-refractivity contribution in [2.45, 2.75) is 17.7 Å². The van der Waals surface area contributed by atoms with Crippen LogP contribution >= 0.6 is 11.8 Å². The van der Waals surface area contributed by atoms with Crippen molar-refractivity contribution in [3.63, 3.8) is 0 Å². The van der Waals surface area contributed by atoms with Crippen LogP contribution in [0, 0.1) is 0 Å². The molecule has 1 aliphatic carbocycles. The van der Waals surface area contributed by atoms with Crippen molar-refractivity contribution in [1.82, 2.24) is 10.3 Å². The predicted molar refractivity (Wildman–Crippen MR) is 139 cm³/mol. The van der Waals surface area contributed by atoms with Crippen molar-refractivity contribution in [3.05, 3.63) is 95.7 Å². The van der Waals surface area contributed by atoms with Gasteiger partial charge in [-0.3, -0.25) is 4.98 Å². The first-order valence-corrected chi connectivity index (χ1v) is 12.7. The normalized spacial score (nSPS) is 13.1. The van der Waals surface area contributed by atoms with E-state index in [9.17, 15) is 19.8 Å². The number of aromatic hydroxyl groups is 1.